The van der Waals surface area contributed by atoms with Crippen LogP contribution in [0.1, 0.15) is 22.3 Å². The Morgan fingerprint density at radius 3 is 2.68 bits per heavy atom. The van der Waals surface area contributed by atoms with Gasteiger partial charge in [-0.05, 0) is 6.07 Å². The van der Waals surface area contributed by atoms with Crippen molar-refractivity contribution in [1.82, 2.24) is 10.7 Å². The smallest absolute Gasteiger partial charge is 0.336 e. The lowest BCUT2D eigenvalue weighted by atomic mass is 10.1. The summed E-state index contributed by atoms with van der Waals surface area (Å²) in [6.07, 6.45) is 0.839. The van der Waals surface area contributed by atoms with E-state index in [1.807, 2.05) is 0 Å². The summed E-state index contributed by atoms with van der Waals surface area (Å²) in [6, 6.07) is 6.22. The second kappa shape index (κ2) is 9.24. The highest BCUT2D eigenvalue weighted by Crippen LogP contribution is 2.05. The van der Waals surface area contributed by atoms with Crippen LogP contribution in [-0.2, 0) is 14.3 Å². The van der Waals surface area contributed by atoms with E-state index in [2.05, 4.69) is 15.8 Å². The number of nitrogens with zero attached hydrogens (tertiary/aromatic N) is 1. The summed E-state index contributed by atoms with van der Waals surface area (Å²) in [5, 5.41) is 15.1. The van der Waals surface area contributed by atoms with Crippen LogP contribution in [0.3, 0.4) is 0 Å². The van der Waals surface area contributed by atoms with Gasteiger partial charge in [0.15, 0.2) is 0 Å². The minimum Gasteiger partial charge on any atom is -0.478 e. The van der Waals surface area contributed by atoms with Gasteiger partial charge in [0.25, 0.3) is 0 Å². The van der Waals surface area contributed by atoms with Crippen molar-refractivity contribution in [3.63, 3.8) is 0 Å². The quantitative estimate of drug-likeness (QED) is 0.270. The Bertz CT molecular complexity index is 571. The molecule has 0 unspecified atom stereocenters. The van der Waals surface area contributed by atoms with Crippen molar-refractivity contribution in [1.29, 1.82) is 0 Å². The standard InChI is InChI=1S/C14H17N3O5/c1-22-7-6-15-12(18)8-13(19)17-16-9-10-4-2-3-5-11(10)14(20)21/h2-5,9H,6-8H2,1H3,(H,15,18)(H,17,19)(H,20,21)/b16-9-. The fourth-order valence-corrected chi connectivity index (χ4v) is 1.52. The zero-order valence-corrected chi connectivity index (χ0v) is 12.0. The molecule has 22 heavy (non-hydrogen) atoms. The highest BCUT2D eigenvalue weighted by Gasteiger charge is 2.09. The maximum atomic E-state index is 11.5. The van der Waals surface area contributed by atoms with Crippen LogP contribution in [0.4, 0.5) is 0 Å². The van der Waals surface area contributed by atoms with Crippen LogP contribution in [-0.4, -0.2) is 49.4 Å². The number of aromatic carboxylic acids is 1. The van der Waals surface area contributed by atoms with E-state index >= 15 is 0 Å². The molecule has 0 fully saturated rings. The molecule has 118 valence electrons. The number of amides is 2. The van der Waals surface area contributed by atoms with E-state index in [0.717, 1.165) is 0 Å². The lowest BCUT2D eigenvalue weighted by molar-refractivity contribution is -0.129. The zero-order chi connectivity index (χ0) is 16.4. The molecule has 0 aliphatic rings. The van der Waals surface area contributed by atoms with E-state index in [1.54, 1.807) is 18.2 Å². The van der Waals surface area contributed by atoms with Crippen LogP contribution in [0, 0.1) is 0 Å². The van der Waals surface area contributed by atoms with Crippen LogP contribution in [0.25, 0.3) is 0 Å². The van der Waals surface area contributed by atoms with E-state index < -0.39 is 17.8 Å². The lowest BCUT2D eigenvalue weighted by Gasteiger charge is -2.03. The van der Waals surface area contributed by atoms with Gasteiger partial charge < -0.3 is 15.2 Å². The van der Waals surface area contributed by atoms with Crippen molar-refractivity contribution in [3.05, 3.63) is 35.4 Å². The molecule has 3 N–H and O–H groups in total. The third-order valence-electron chi connectivity index (χ3n) is 2.53. The second-order valence-corrected chi connectivity index (χ2v) is 4.21. The Labute approximate surface area is 127 Å². The molecule has 8 nitrogen and oxygen atoms in total. The van der Waals surface area contributed by atoms with E-state index in [9.17, 15) is 14.4 Å². The first-order valence-corrected chi connectivity index (χ1v) is 6.44. The topological polar surface area (TPSA) is 117 Å². The van der Waals surface area contributed by atoms with Crippen molar-refractivity contribution in [2.45, 2.75) is 6.42 Å². The molecule has 0 heterocycles. The molecule has 0 atom stereocenters. The fourth-order valence-electron chi connectivity index (χ4n) is 1.52. The number of ether oxygens (including phenoxy) is 1. The Morgan fingerprint density at radius 1 is 1.27 bits per heavy atom. The number of carbonyl (C=O) groups excluding carboxylic acids is 2. The van der Waals surface area contributed by atoms with Gasteiger partial charge in [0, 0.05) is 19.2 Å². The first-order valence-electron chi connectivity index (χ1n) is 6.44. The third kappa shape index (κ3) is 6.14. The van der Waals surface area contributed by atoms with Crippen molar-refractivity contribution in [2.24, 2.45) is 5.10 Å². The molecule has 0 radical (unpaired) electrons. The maximum Gasteiger partial charge on any atom is 0.336 e. The van der Waals surface area contributed by atoms with Gasteiger partial charge in [-0.3, -0.25) is 9.59 Å². The van der Waals surface area contributed by atoms with Gasteiger partial charge in [0.05, 0.1) is 18.4 Å². The molecular formula is C14H17N3O5. The van der Waals surface area contributed by atoms with Crippen molar-refractivity contribution >= 4 is 24.0 Å². The Hall–Kier alpha value is -2.74. The number of hydrazone groups is 1. The summed E-state index contributed by atoms with van der Waals surface area (Å²) in [7, 11) is 1.50. The van der Waals surface area contributed by atoms with E-state index in [0.29, 0.717) is 18.7 Å². The second-order valence-electron chi connectivity index (χ2n) is 4.21. The first-order chi connectivity index (χ1) is 10.5. The molecule has 0 saturated carbocycles. The van der Waals surface area contributed by atoms with Crippen LogP contribution in [0.15, 0.2) is 29.4 Å². The molecule has 8 heteroatoms. The van der Waals surface area contributed by atoms with Gasteiger partial charge in [-0.25, -0.2) is 10.2 Å². The Kier molecular flexibility index (Phi) is 7.27. The van der Waals surface area contributed by atoms with E-state index in [1.165, 1.54) is 19.4 Å². The SMILES string of the molecule is COCCNC(=O)CC(=O)N/N=C\c1ccccc1C(=O)O. The number of methoxy groups -OCH3 is 1. The largest absolute Gasteiger partial charge is 0.478 e. The molecule has 1 rings (SSSR count). The molecule has 0 aromatic heterocycles. The summed E-state index contributed by atoms with van der Waals surface area (Å²) in [5.41, 5.74) is 2.58. The van der Waals surface area contributed by atoms with E-state index in [4.69, 9.17) is 9.84 Å². The van der Waals surface area contributed by atoms with Gasteiger partial charge in [-0.2, -0.15) is 5.10 Å². The van der Waals surface area contributed by atoms with Gasteiger partial charge in [0.2, 0.25) is 11.8 Å². The average molecular weight is 307 g/mol. The number of nitrogens with one attached hydrogen (secondary N) is 2. The van der Waals surface area contributed by atoms with Crippen LogP contribution < -0.4 is 10.7 Å². The van der Waals surface area contributed by atoms with Gasteiger partial charge in [-0.1, -0.05) is 18.2 Å². The molecule has 2 amide bonds. The van der Waals surface area contributed by atoms with Gasteiger partial charge in [-0.15, -0.1) is 0 Å². The van der Waals surface area contributed by atoms with Crippen LogP contribution in [0.2, 0.25) is 0 Å². The molecule has 1 aromatic rings. The van der Waals surface area contributed by atoms with Crippen LogP contribution in [0.5, 0.6) is 0 Å². The molecular weight excluding hydrogens is 290 g/mol. The minimum atomic E-state index is -1.09. The number of rotatable bonds is 8. The first kappa shape index (κ1) is 17.3. The Balaban J connectivity index is 2.47. The monoisotopic (exact) mass is 307 g/mol. The van der Waals surface area contributed by atoms with E-state index in [-0.39, 0.29) is 12.0 Å². The van der Waals surface area contributed by atoms with Crippen LogP contribution >= 0.6 is 0 Å². The Morgan fingerprint density at radius 2 is 2.00 bits per heavy atom. The van der Waals surface area contributed by atoms with Crippen molar-refractivity contribution in [2.75, 3.05) is 20.3 Å². The zero-order valence-electron chi connectivity index (χ0n) is 12.0. The predicted molar refractivity (Wildman–Crippen MR) is 78.6 cm³/mol. The molecule has 0 spiro atoms. The van der Waals surface area contributed by atoms with Gasteiger partial charge in [0.1, 0.15) is 6.42 Å². The molecule has 0 aliphatic heterocycles. The lowest BCUT2D eigenvalue weighted by Crippen LogP contribution is -2.31. The number of benzene rings is 1. The minimum absolute atomic E-state index is 0.0674. The molecule has 0 bridgehead atoms. The summed E-state index contributed by atoms with van der Waals surface area (Å²) in [6.45, 7) is 0.676. The summed E-state index contributed by atoms with van der Waals surface area (Å²) in [4.78, 5) is 33.8. The summed E-state index contributed by atoms with van der Waals surface area (Å²) in [5.74, 6) is -2.14. The summed E-state index contributed by atoms with van der Waals surface area (Å²) < 4.78 is 4.75. The predicted octanol–water partition coefficient (Wildman–Crippen LogP) is -0.0124. The average Bonchev–Trinajstić information content (AvgIpc) is 2.47. The van der Waals surface area contributed by atoms with Crippen molar-refractivity contribution in [3.8, 4) is 0 Å². The summed E-state index contributed by atoms with van der Waals surface area (Å²) >= 11 is 0. The molecule has 0 aliphatic carbocycles. The number of carboxylic acid groups (broad SMARTS) is 1. The highest BCUT2D eigenvalue weighted by atomic mass is 16.5. The molecule has 0 saturated heterocycles. The highest BCUT2D eigenvalue weighted by molar-refractivity contribution is 5.99. The normalized spacial score (nSPS) is 10.4. The number of hydrogen-bond donors (Lipinski definition) is 3. The fraction of sp³-hybridized carbons (Fsp3) is 0.286. The molecule has 1 aromatic carbocycles. The maximum absolute atomic E-state index is 11.5. The number of carboxylic acids is 1. The van der Waals surface area contributed by atoms with Gasteiger partial charge >= 0.3 is 5.97 Å². The van der Waals surface area contributed by atoms with Crippen molar-refractivity contribution < 1.29 is 24.2 Å². The third-order valence-corrected chi connectivity index (χ3v) is 2.53. The number of carbonyl (C=O) groups is 3. The number of hydrogen-bond acceptors (Lipinski definition) is 5.